The molecule has 0 aliphatic carbocycles. The first kappa shape index (κ1) is 14.5. The molecule has 1 N–H and O–H groups in total. The van der Waals surface area contributed by atoms with E-state index in [4.69, 9.17) is 0 Å². The summed E-state index contributed by atoms with van der Waals surface area (Å²) in [6.07, 6.45) is 5.45. The molecule has 19 heavy (non-hydrogen) atoms. The normalized spacial score (nSPS) is 21.7. The minimum Gasteiger partial charge on any atom is -0.282 e. The van der Waals surface area contributed by atoms with Crippen molar-refractivity contribution in [3.63, 3.8) is 0 Å². The molecule has 1 fully saturated rings. The molecule has 6 heteroatoms. The lowest BCUT2D eigenvalue weighted by molar-refractivity contribution is 0.264. The number of hydrogen-bond acceptors (Lipinski definition) is 3. The van der Waals surface area contributed by atoms with Crippen LogP contribution in [0.15, 0.2) is 6.20 Å². The van der Waals surface area contributed by atoms with Gasteiger partial charge in [0.05, 0.1) is 11.9 Å². The Morgan fingerprint density at radius 2 is 2.32 bits per heavy atom. The van der Waals surface area contributed by atoms with Gasteiger partial charge < -0.3 is 0 Å². The van der Waals surface area contributed by atoms with Gasteiger partial charge in [-0.2, -0.15) is 5.10 Å². The molecule has 0 saturated carbocycles. The van der Waals surface area contributed by atoms with Crippen LogP contribution in [0.2, 0.25) is 0 Å². The Morgan fingerprint density at radius 3 is 2.95 bits per heavy atom. The predicted octanol–water partition coefficient (Wildman–Crippen LogP) is 1.71. The molecule has 0 aromatic carbocycles. The maximum absolute atomic E-state index is 12.1. The summed E-state index contributed by atoms with van der Waals surface area (Å²) >= 11 is 0. The van der Waals surface area contributed by atoms with Gasteiger partial charge in [-0.05, 0) is 44.1 Å². The monoisotopic (exact) mass is 285 g/mol. The summed E-state index contributed by atoms with van der Waals surface area (Å²) in [5.41, 5.74) is 2.30. The number of nitrogens with zero attached hydrogens (tertiary/aromatic N) is 2. The minimum absolute atomic E-state index is 0.267. The highest BCUT2D eigenvalue weighted by atomic mass is 32.2. The largest absolute Gasteiger partial charge is 0.282 e. The van der Waals surface area contributed by atoms with Crippen molar-refractivity contribution in [1.82, 2.24) is 14.5 Å². The zero-order valence-electron chi connectivity index (χ0n) is 11.7. The highest BCUT2D eigenvalue weighted by molar-refractivity contribution is 7.89. The molecule has 1 aromatic heterocycles. The van der Waals surface area contributed by atoms with E-state index < -0.39 is 10.0 Å². The molecule has 1 aliphatic heterocycles. The van der Waals surface area contributed by atoms with Crippen molar-refractivity contribution < 1.29 is 8.42 Å². The first-order valence-corrected chi connectivity index (χ1v) is 8.60. The average Bonchev–Trinajstić information content (AvgIpc) is 2.75. The highest BCUT2D eigenvalue weighted by Crippen LogP contribution is 2.23. The van der Waals surface area contributed by atoms with Crippen molar-refractivity contribution in [2.24, 2.45) is 5.92 Å². The van der Waals surface area contributed by atoms with Crippen molar-refractivity contribution in [1.29, 1.82) is 0 Å². The van der Waals surface area contributed by atoms with E-state index in [1.54, 1.807) is 4.31 Å². The second-order valence-corrected chi connectivity index (χ2v) is 7.51. The second-order valence-electron chi connectivity index (χ2n) is 5.42. The van der Waals surface area contributed by atoms with Crippen LogP contribution in [0.3, 0.4) is 0 Å². The summed E-state index contributed by atoms with van der Waals surface area (Å²) in [6, 6.07) is 0. The fraction of sp³-hybridized carbons (Fsp3) is 0.769. The molecule has 0 radical (unpaired) electrons. The fourth-order valence-corrected chi connectivity index (χ4v) is 4.32. The Bertz CT molecular complexity index is 510. The van der Waals surface area contributed by atoms with Crippen LogP contribution in [0.4, 0.5) is 0 Å². The van der Waals surface area contributed by atoms with E-state index >= 15 is 0 Å². The highest BCUT2D eigenvalue weighted by Gasteiger charge is 2.28. The van der Waals surface area contributed by atoms with Crippen LogP contribution in [0.25, 0.3) is 0 Å². The molecule has 2 rings (SSSR count). The van der Waals surface area contributed by atoms with E-state index in [0.717, 1.165) is 30.5 Å². The molecular weight excluding hydrogens is 262 g/mol. The van der Waals surface area contributed by atoms with Gasteiger partial charge in [0.2, 0.25) is 10.0 Å². The molecule has 5 nitrogen and oxygen atoms in total. The number of sulfonamides is 1. The van der Waals surface area contributed by atoms with E-state index in [1.807, 2.05) is 20.0 Å². The summed E-state index contributed by atoms with van der Waals surface area (Å²) in [7, 11) is -3.05. The number of nitrogens with one attached hydrogen (secondary N) is 1. The van der Waals surface area contributed by atoms with Gasteiger partial charge in [-0.1, -0.05) is 6.92 Å². The van der Waals surface area contributed by atoms with Crippen molar-refractivity contribution in [3.05, 3.63) is 17.5 Å². The number of aromatic nitrogens is 2. The van der Waals surface area contributed by atoms with Crippen LogP contribution < -0.4 is 0 Å². The molecule has 0 unspecified atom stereocenters. The maximum atomic E-state index is 12.1. The van der Waals surface area contributed by atoms with E-state index in [9.17, 15) is 8.42 Å². The third kappa shape index (κ3) is 3.57. The molecule has 0 spiro atoms. The van der Waals surface area contributed by atoms with Gasteiger partial charge in [0.15, 0.2) is 0 Å². The van der Waals surface area contributed by atoms with Crippen LogP contribution in [-0.4, -0.2) is 41.8 Å². The molecule has 0 amide bonds. The van der Waals surface area contributed by atoms with Gasteiger partial charge in [-0.25, -0.2) is 12.7 Å². The zero-order chi connectivity index (χ0) is 13.9. The molecule has 2 heterocycles. The maximum Gasteiger partial charge on any atom is 0.214 e. The van der Waals surface area contributed by atoms with Crippen LogP contribution >= 0.6 is 0 Å². The van der Waals surface area contributed by atoms with Crippen LogP contribution in [-0.2, 0) is 16.4 Å². The number of aromatic amines is 1. The number of rotatable bonds is 5. The Hall–Kier alpha value is -0.880. The lowest BCUT2D eigenvalue weighted by atomic mass is 9.94. The summed E-state index contributed by atoms with van der Waals surface area (Å²) in [6.45, 7) is 5.28. The topological polar surface area (TPSA) is 66.1 Å². The lowest BCUT2D eigenvalue weighted by Gasteiger charge is -2.31. The van der Waals surface area contributed by atoms with Crippen molar-refractivity contribution in [3.8, 4) is 0 Å². The Morgan fingerprint density at radius 1 is 1.53 bits per heavy atom. The molecule has 108 valence electrons. The van der Waals surface area contributed by atoms with E-state index in [2.05, 4.69) is 10.2 Å². The molecule has 1 atom stereocenters. The zero-order valence-corrected chi connectivity index (χ0v) is 12.5. The molecular formula is C13H23N3O2S. The van der Waals surface area contributed by atoms with Crippen molar-refractivity contribution in [2.45, 2.75) is 39.5 Å². The van der Waals surface area contributed by atoms with Gasteiger partial charge in [0.25, 0.3) is 0 Å². The molecule has 1 aliphatic rings. The van der Waals surface area contributed by atoms with Gasteiger partial charge in [0.1, 0.15) is 0 Å². The van der Waals surface area contributed by atoms with Gasteiger partial charge >= 0.3 is 0 Å². The minimum atomic E-state index is -3.05. The van der Waals surface area contributed by atoms with Crippen LogP contribution in [0.5, 0.6) is 0 Å². The van der Waals surface area contributed by atoms with Crippen LogP contribution in [0.1, 0.15) is 37.4 Å². The molecule has 1 saturated heterocycles. The van der Waals surface area contributed by atoms with Gasteiger partial charge in [-0.3, -0.25) is 5.10 Å². The first-order chi connectivity index (χ1) is 9.03. The number of H-pyrrole nitrogens is 1. The smallest absolute Gasteiger partial charge is 0.214 e. The summed E-state index contributed by atoms with van der Waals surface area (Å²) < 4.78 is 25.9. The van der Waals surface area contributed by atoms with Gasteiger partial charge in [0, 0.05) is 18.8 Å². The Kier molecular flexibility index (Phi) is 4.62. The van der Waals surface area contributed by atoms with Crippen molar-refractivity contribution in [2.75, 3.05) is 18.8 Å². The third-order valence-corrected chi connectivity index (χ3v) is 5.81. The molecule has 0 bridgehead atoms. The number of hydrogen-bond donors (Lipinski definition) is 1. The summed E-state index contributed by atoms with van der Waals surface area (Å²) in [5.74, 6) is 0.669. The second kappa shape index (κ2) is 6.05. The standard InChI is InChI=1S/C13H23N3O2S/c1-3-7-19(17,18)16-6-4-5-12(10-16)8-13-11(2)9-14-15-13/h9,12H,3-8,10H2,1-2H3,(H,14,15)/t12-/m1/s1. The Balaban J connectivity index is 2.00. The fourth-order valence-electron chi connectivity index (χ4n) is 2.70. The van der Waals surface area contributed by atoms with Gasteiger partial charge in [-0.15, -0.1) is 0 Å². The SMILES string of the molecule is CCCS(=O)(=O)N1CCC[C@H](Cc2[nH]ncc2C)C1. The Labute approximate surface area is 115 Å². The molecule has 1 aromatic rings. The summed E-state index contributed by atoms with van der Waals surface area (Å²) in [5, 5.41) is 7.04. The number of piperidine rings is 1. The summed E-state index contributed by atoms with van der Waals surface area (Å²) in [4.78, 5) is 0. The van der Waals surface area contributed by atoms with Crippen molar-refractivity contribution >= 4 is 10.0 Å². The third-order valence-electron chi connectivity index (χ3n) is 3.76. The van der Waals surface area contributed by atoms with Crippen LogP contribution in [0, 0.1) is 12.8 Å². The van der Waals surface area contributed by atoms with E-state index in [0.29, 0.717) is 25.4 Å². The number of aryl methyl sites for hydroxylation is 1. The average molecular weight is 285 g/mol. The van der Waals surface area contributed by atoms with E-state index in [1.165, 1.54) is 0 Å². The predicted molar refractivity (Wildman–Crippen MR) is 75.4 cm³/mol. The first-order valence-electron chi connectivity index (χ1n) is 6.99. The quantitative estimate of drug-likeness (QED) is 0.895. The lowest BCUT2D eigenvalue weighted by Crippen LogP contribution is -2.41. The van der Waals surface area contributed by atoms with E-state index in [-0.39, 0.29) is 5.75 Å².